The van der Waals surface area contributed by atoms with E-state index in [-0.39, 0.29) is 18.5 Å². The Morgan fingerprint density at radius 1 is 1.25 bits per heavy atom. The number of para-hydroxylation sites is 1. The number of rotatable bonds is 7. The Kier molecular flexibility index (Phi) is 6.82. The molecule has 28 heavy (non-hydrogen) atoms. The molecule has 3 rings (SSSR count). The molecule has 144 valence electrons. The minimum Gasteiger partial charge on any atom is -0.507 e. The summed E-state index contributed by atoms with van der Waals surface area (Å²) in [6.45, 7) is 3.75. The molecule has 0 amide bonds. The van der Waals surface area contributed by atoms with Crippen LogP contribution in [0.2, 0.25) is 6.32 Å². The molecular formula is C22H24BNO4. The van der Waals surface area contributed by atoms with Gasteiger partial charge in [-0.2, -0.15) is 0 Å². The lowest BCUT2D eigenvalue weighted by atomic mass is 9.78. The number of aliphatic hydroxyl groups excluding tert-OH is 1. The first-order valence-corrected chi connectivity index (χ1v) is 9.31. The highest BCUT2D eigenvalue weighted by Gasteiger charge is 2.28. The number of allylic oxidation sites excluding steroid dienone is 2. The molecular weight excluding hydrogens is 353 g/mol. The van der Waals surface area contributed by atoms with Gasteiger partial charge in [0.05, 0.1) is 18.4 Å². The lowest BCUT2D eigenvalue weighted by Gasteiger charge is -2.28. The number of nitrogens with zero attached hydrogens (tertiary/aromatic N) is 1. The van der Waals surface area contributed by atoms with Gasteiger partial charge in [0.15, 0.2) is 0 Å². The third-order valence-corrected chi connectivity index (χ3v) is 4.74. The molecule has 2 heterocycles. The number of hydrogen-bond acceptors (Lipinski definition) is 5. The summed E-state index contributed by atoms with van der Waals surface area (Å²) in [6, 6.07) is 12.8. The van der Waals surface area contributed by atoms with Gasteiger partial charge in [-0.05, 0) is 53.8 Å². The van der Waals surface area contributed by atoms with Gasteiger partial charge in [0.2, 0.25) is 0 Å². The number of hydrogen-bond donors (Lipinski definition) is 3. The summed E-state index contributed by atoms with van der Waals surface area (Å²) in [5.74, 6) is 0.203. The van der Waals surface area contributed by atoms with Crippen LogP contribution in [0.3, 0.4) is 0 Å². The van der Waals surface area contributed by atoms with E-state index in [1.54, 1.807) is 18.3 Å². The van der Waals surface area contributed by atoms with Crippen molar-refractivity contribution in [3.63, 3.8) is 0 Å². The minimum absolute atomic E-state index is 0.150. The summed E-state index contributed by atoms with van der Waals surface area (Å²) in [4.78, 5) is 4.44. The van der Waals surface area contributed by atoms with Gasteiger partial charge in [0.1, 0.15) is 5.75 Å². The van der Waals surface area contributed by atoms with E-state index in [0.29, 0.717) is 30.3 Å². The summed E-state index contributed by atoms with van der Waals surface area (Å²) in [5, 5.41) is 29.5. The molecule has 0 aliphatic carbocycles. The van der Waals surface area contributed by atoms with Crippen molar-refractivity contribution in [2.45, 2.75) is 25.3 Å². The SMILES string of the molecule is C=C(CO)C1=CCB(O)OC1CC/C(=C/c1ccccc1O)c1ccccn1. The van der Waals surface area contributed by atoms with Crippen molar-refractivity contribution in [3.8, 4) is 5.75 Å². The molecule has 1 unspecified atom stereocenters. The lowest BCUT2D eigenvalue weighted by Crippen LogP contribution is -2.32. The van der Waals surface area contributed by atoms with Crippen LogP contribution in [0.25, 0.3) is 11.6 Å². The fourth-order valence-corrected chi connectivity index (χ4v) is 3.28. The van der Waals surface area contributed by atoms with Crippen molar-refractivity contribution in [1.29, 1.82) is 0 Å². The van der Waals surface area contributed by atoms with Gasteiger partial charge >= 0.3 is 7.12 Å². The number of benzene rings is 1. The number of phenolic OH excluding ortho intramolecular Hbond substituents is 1. The largest absolute Gasteiger partial charge is 0.507 e. The third kappa shape index (κ3) is 4.98. The molecule has 1 aromatic carbocycles. The standard InChI is InChI=1S/C22H24BNO4/c1-16(15-25)19-11-12-23(27)28-22(19)10-9-17(20-7-4-5-13-24-20)14-18-6-2-3-8-21(18)26/h2-8,11,13-14,22,25-27H,1,9-10,12,15H2/b17-14-. The van der Waals surface area contributed by atoms with Crippen LogP contribution in [0, 0.1) is 0 Å². The molecule has 5 nitrogen and oxygen atoms in total. The molecule has 1 atom stereocenters. The van der Waals surface area contributed by atoms with E-state index in [4.69, 9.17) is 4.65 Å². The van der Waals surface area contributed by atoms with Gasteiger partial charge in [-0.25, -0.2) is 0 Å². The summed E-state index contributed by atoms with van der Waals surface area (Å²) in [7, 11) is -0.860. The predicted octanol–water partition coefficient (Wildman–Crippen LogP) is 3.46. The van der Waals surface area contributed by atoms with E-state index in [2.05, 4.69) is 11.6 Å². The van der Waals surface area contributed by atoms with Gasteiger partial charge in [-0.1, -0.05) is 36.9 Å². The fraction of sp³-hybridized carbons (Fsp3) is 0.227. The minimum atomic E-state index is -0.860. The molecule has 0 bridgehead atoms. The van der Waals surface area contributed by atoms with E-state index < -0.39 is 7.12 Å². The molecule has 0 spiro atoms. The third-order valence-electron chi connectivity index (χ3n) is 4.74. The lowest BCUT2D eigenvalue weighted by molar-refractivity contribution is 0.182. The highest BCUT2D eigenvalue weighted by Crippen LogP contribution is 2.31. The van der Waals surface area contributed by atoms with Crippen molar-refractivity contribution < 1.29 is 19.9 Å². The number of aliphatic hydroxyl groups is 1. The van der Waals surface area contributed by atoms with Crippen LogP contribution in [0.4, 0.5) is 0 Å². The Morgan fingerprint density at radius 2 is 2.04 bits per heavy atom. The van der Waals surface area contributed by atoms with Crippen LogP contribution in [0.1, 0.15) is 24.1 Å². The smallest absolute Gasteiger partial charge is 0.458 e. The average Bonchev–Trinajstić information content (AvgIpc) is 2.72. The summed E-state index contributed by atoms with van der Waals surface area (Å²) in [6.07, 6.45) is 6.74. The normalized spacial score (nSPS) is 17.4. The first kappa shape index (κ1) is 20.1. The maximum Gasteiger partial charge on any atom is 0.458 e. The van der Waals surface area contributed by atoms with Crippen LogP contribution in [0.5, 0.6) is 5.75 Å². The Bertz CT molecular complexity index is 879. The van der Waals surface area contributed by atoms with Crippen molar-refractivity contribution in [2.75, 3.05) is 6.61 Å². The van der Waals surface area contributed by atoms with Crippen LogP contribution in [-0.4, -0.2) is 40.1 Å². The number of phenols is 1. The van der Waals surface area contributed by atoms with E-state index in [0.717, 1.165) is 16.8 Å². The molecule has 0 fully saturated rings. The van der Waals surface area contributed by atoms with Crippen LogP contribution >= 0.6 is 0 Å². The van der Waals surface area contributed by atoms with Crippen molar-refractivity contribution in [1.82, 2.24) is 4.98 Å². The molecule has 2 aromatic rings. The van der Waals surface area contributed by atoms with Crippen LogP contribution in [-0.2, 0) is 4.65 Å². The maximum atomic E-state index is 10.1. The van der Waals surface area contributed by atoms with Crippen LogP contribution < -0.4 is 0 Å². The Morgan fingerprint density at radius 3 is 2.75 bits per heavy atom. The zero-order valence-electron chi connectivity index (χ0n) is 15.7. The highest BCUT2D eigenvalue weighted by molar-refractivity contribution is 6.43. The molecule has 0 saturated heterocycles. The second-order valence-electron chi connectivity index (χ2n) is 6.72. The fourth-order valence-electron chi connectivity index (χ4n) is 3.28. The summed E-state index contributed by atoms with van der Waals surface area (Å²) < 4.78 is 5.70. The predicted molar refractivity (Wildman–Crippen MR) is 111 cm³/mol. The van der Waals surface area contributed by atoms with E-state index in [1.807, 2.05) is 42.5 Å². The van der Waals surface area contributed by atoms with Crippen molar-refractivity contribution in [2.24, 2.45) is 0 Å². The number of aromatic hydroxyl groups is 1. The Balaban J connectivity index is 1.86. The Labute approximate surface area is 165 Å². The molecule has 6 heteroatoms. The van der Waals surface area contributed by atoms with Crippen molar-refractivity contribution >= 4 is 18.8 Å². The topological polar surface area (TPSA) is 82.8 Å². The molecule has 1 aromatic heterocycles. The number of pyridine rings is 1. The average molecular weight is 377 g/mol. The number of aromatic nitrogens is 1. The molecule has 3 N–H and O–H groups in total. The van der Waals surface area contributed by atoms with E-state index >= 15 is 0 Å². The molecule has 0 saturated carbocycles. The first-order valence-electron chi connectivity index (χ1n) is 9.31. The summed E-state index contributed by atoms with van der Waals surface area (Å²) in [5.41, 5.74) is 3.90. The second-order valence-corrected chi connectivity index (χ2v) is 6.72. The molecule has 1 aliphatic rings. The van der Waals surface area contributed by atoms with Crippen LogP contribution in [0.15, 0.2) is 72.5 Å². The zero-order valence-corrected chi connectivity index (χ0v) is 15.7. The zero-order chi connectivity index (χ0) is 19.9. The van der Waals surface area contributed by atoms with E-state index in [1.165, 1.54) is 0 Å². The highest BCUT2D eigenvalue weighted by atomic mass is 16.5. The quantitative estimate of drug-likeness (QED) is 0.644. The van der Waals surface area contributed by atoms with Gasteiger partial charge in [-0.15, -0.1) is 0 Å². The monoisotopic (exact) mass is 377 g/mol. The molecule has 1 aliphatic heterocycles. The second kappa shape index (κ2) is 9.51. The van der Waals surface area contributed by atoms with Gasteiger partial charge in [0.25, 0.3) is 0 Å². The molecule has 0 radical (unpaired) electrons. The van der Waals surface area contributed by atoms with Gasteiger partial charge in [-0.3, -0.25) is 4.98 Å². The Hall–Kier alpha value is -2.67. The van der Waals surface area contributed by atoms with Gasteiger partial charge in [0, 0.05) is 18.1 Å². The maximum absolute atomic E-state index is 10.1. The first-order chi connectivity index (χ1) is 13.6. The van der Waals surface area contributed by atoms with E-state index in [9.17, 15) is 15.2 Å². The van der Waals surface area contributed by atoms with Gasteiger partial charge < -0.3 is 19.9 Å². The summed E-state index contributed by atoms with van der Waals surface area (Å²) >= 11 is 0. The van der Waals surface area contributed by atoms with Crippen molar-refractivity contribution in [3.05, 3.63) is 83.7 Å².